The Hall–Kier alpha value is -3.51. The quantitative estimate of drug-likeness (QED) is 0.580. The number of hydrogen-bond donors (Lipinski definition) is 1. The molecule has 0 saturated carbocycles. The van der Waals surface area contributed by atoms with Gasteiger partial charge >= 0.3 is 0 Å². The zero-order chi connectivity index (χ0) is 22.0. The molecule has 1 N–H and O–H groups in total. The zero-order valence-corrected chi connectivity index (χ0v) is 18.1. The molecule has 0 fully saturated rings. The Kier molecular flexibility index (Phi) is 5.82. The maximum atomic E-state index is 13.6. The lowest BCUT2D eigenvalue weighted by molar-refractivity contribution is -0.132. The number of ketones is 1. The molecule has 2 heterocycles. The van der Waals surface area contributed by atoms with Crippen LogP contribution in [0.25, 0.3) is 0 Å². The van der Waals surface area contributed by atoms with Crippen molar-refractivity contribution >= 4 is 40.3 Å². The van der Waals surface area contributed by atoms with Gasteiger partial charge in [0, 0.05) is 33.4 Å². The first kappa shape index (κ1) is 20.8. The molecule has 0 saturated heterocycles. The summed E-state index contributed by atoms with van der Waals surface area (Å²) in [5, 5.41) is 4.83. The molecule has 3 aromatic rings. The van der Waals surface area contributed by atoms with E-state index in [0.29, 0.717) is 22.6 Å². The van der Waals surface area contributed by atoms with Crippen LogP contribution >= 0.6 is 11.3 Å². The van der Waals surface area contributed by atoms with Crippen LogP contribution in [0.15, 0.2) is 89.4 Å². The number of anilines is 2. The third-order valence-electron chi connectivity index (χ3n) is 5.43. The molecule has 2 atom stereocenters. The molecule has 0 bridgehead atoms. The molecular formula is C25H22N2O3S. The van der Waals surface area contributed by atoms with Crippen molar-refractivity contribution in [3.8, 4) is 0 Å². The number of nitrogens with one attached hydrogen (secondary N) is 1. The van der Waals surface area contributed by atoms with E-state index in [4.69, 9.17) is 0 Å². The van der Waals surface area contributed by atoms with Gasteiger partial charge in [-0.05, 0) is 49.6 Å². The molecule has 2 amide bonds. The van der Waals surface area contributed by atoms with Gasteiger partial charge in [-0.15, -0.1) is 11.3 Å². The monoisotopic (exact) mass is 430 g/mol. The van der Waals surface area contributed by atoms with E-state index in [-0.39, 0.29) is 17.6 Å². The van der Waals surface area contributed by atoms with E-state index in [2.05, 4.69) is 5.32 Å². The van der Waals surface area contributed by atoms with Crippen molar-refractivity contribution in [2.45, 2.75) is 19.8 Å². The van der Waals surface area contributed by atoms with Crippen LogP contribution in [0.1, 0.15) is 24.6 Å². The number of para-hydroxylation sites is 2. The first-order valence-electron chi connectivity index (χ1n) is 9.99. The van der Waals surface area contributed by atoms with Gasteiger partial charge in [-0.2, -0.15) is 0 Å². The van der Waals surface area contributed by atoms with Gasteiger partial charge in [-0.1, -0.05) is 42.5 Å². The second kappa shape index (κ2) is 8.70. The summed E-state index contributed by atoms with van der Waals surface area (Å²) in [6.45, 7) is 3.18. The highest BCUT2D eigenvalue weighted by molar-refractivity contribution is 7.10. The summed E-state index contributed by atoms with van der Waals surface area (Å²) in [6.07, 6.45) is 0. The van der Waals surface area contributed by atoms with Crippen molar-refractivity contribution in [3.63, 3.8) is 0 Å². The van der Waals surface area contributed by atoms with Gasteiger partial charge in [0.05, 0.1) is 0 Å². The topological polar surface area (TPSA) is 66.5 Å². The molecule has 5 nitrogen and oxygen atoms in total. The second-order valence-corrected chi connectivity index (χ2v) is 8.39. The van der Waals surface area contributed by atoms with Crippen molar-refractivity contribution in [1.29, 1.82) is 0 Å². The summed E-state index contributed by atoms with van der Waals surface area (Å²) in [7, 11) is 0. The smallest absolute Gasteiger partial charge is 0.254 e. The average Bonchev–Trinajstić information content (AvgIpc) is 3.29. The minimum Gasteiger partial charge on any atom is -0.322 e. The first-order chi connectivity index (χ1) is 15.0. The molecule has 1 aliphatic heterocycles. The molecule has 1 aromatic heterocycles. The van der Waals surface area contributed by atoms with Crippen molar-refractivity contribution < 1.29 is 14.4 Å². The fourth-order valence-corrected chi connectivity index (χ4v) is 4.94. The number of nitrogens with zero attached hydrogens (tertiary/aromatic N) is 1. The van der Waals surface area contributed by atoms with Crippen LogP contribution in [0.4, 0.5) is 11.4 Å². The molecule has 2 aromatic carbocycles. The van der Waals surface area contributed by atoms with Crippen LogP contribution in [-0.2, 0) is 14.4 Å². The van der Waals surface area contributed by atoms with Crippen LogP contribution < -0.4 is 10.2 Å². The summed E-state index contributed by atoms with van der Waals surface area (Å²) in [5.41, 5.74) is 2.24. The number of hydrogen-bond acceptors (Lipinski definition) is 4. The maximum Gasteiger partial charge on any atom is 0.254 e. The molecule has 0 unspecified atom stereocenters. The summed E-state index contributed by atoms with van der Waals surface area (Å²) in [6, 6.07) is 22.0. The lowest BCUT2D eigenvalue weighted by atomic mass is 9.77. The highest BCUT2D eigenvalue weighted by Gasteiger charge is 2.47. The van der Waals surface area contributed by atoms with Crippen LogP contribution in [0.5, 0.6) is 0 Å². The lowest BCUT2D eigenvalue weighted by Gasteiger charge is -2.38. The molecule has 156 valence electrons. The predicted octanol–water partition coefficient (Wildman–Crippen LogP) is 5.00. The fraction of sp³-hybridized carbons (Fsp3) is 0.160. The minimum atomic E-state index is -0.973. The maximum absolute atomic E-state index is 13.6. The van der Waals surface area contributed by atoms with E-state index in [1.807, 2.05) is 53.9 Å². The largest absolute Gasteiger partial charge is 0.322 e. The van der Waals surface area contributed by atoms with E-state index in [9.17, 15) is 14.4 Å². The Morgan fingerprint density at radius 2 is 1.58 bits per heavy atom. The van der Waals surface area contributed by atoms with Crippen molar-refractivity contribution in [3.05, 3.63) is 94.3 Å². The Bertz CT molecular complexity index is 1140. The Labute approximate surface area is 185 Å². The lowest BCUT2D eigenvalue weighted by Crippen LogP contribution is -2.47. The Morgan fingerprint density at radius 1 is 0.935 bits per heavy atom. The van der Waals surface area contributed by atoms with Crippen molar-refractivity contribution in [2.75, 3.05) is 10.2 Å². The van der Waals surface area contributed by atoms with Crippen molar-refractivity contribution in [1.82, 2.24) is 0 Å². The van der Waals surface area contributed by atoms with E-state index in [0.717, 1.165) is 4.88 Å². The third kappa shape index (κ3) is 3.94. The number of carbonyl (C=O) groups excluding carboxylic acids is 3. The van der Waals surface area contributed by atoms with Gasteiger partial charge in [0.2, 0.25) is 5.91 Å². The molecule has 0 aliphatic carbocycles. The summed E-state index contributed by atoms with van der Waals surface area (Å²) >= 11 is 1.44. The van der Waals surface area contributed by atoms with E-state index >= 15 is 0 Å². The van der Waals surface area contributed by atoms with E-state index in [1.165, 1.54) is 23.2 Å². The van der Waals surface area contributed by atoms with Gasteiger partial charge in [0.15, 0.2) is 0 Å². The summed E-state index contributed by atoms with van der Waals surface area (Å²) < 4.78 is 0. The fourth-order valence-electron chi connectivity index (χ4n) is 4.07. The minimum absolute atomic E-state index is 0.262. The number of Topliss-reactive ketones (excluding diaryl/α,β-unsaturated/α-hetero) is 1. The van der Waals surface area contributed by atoms with Crippen LogP contribution in [0.3, 0.4) is 0 Å². The SMILES string of the molecule is CC(=O)[C@H]1C(=O)N(c2ccccc2)C(C)=C(C(=O)Nc2ccccc2)[C@@H]1c1cccs1. The van der Waals surface area contributed by atoms with Crippen molar-refractivity contribution in [2.24, 2.45) is 5.92 Å². The molecule has 0 spiro atoms. The molecule has 0 radical (unpaired) electrons. The van der Waals surface area contributed by atoms with Gasteiger partial charge in [-0.3, -0.25) is 19.3 Å². The molecule has 1 aliphatic rings. The van der Waals surface area contributed by atoms with Crippen LogP contribution in [-0.4, -0.2) is 17.6 Å². The standard InChI is InChI=1S/C25H22N2O3S/c1-16-21(24(29)26-18-10-5-3-6-11-18)23(20-14-9-15-31-20)22(17(2)28)25(30)27(16)19-12-7-4-8-13-19/h3-15,22-23H,1-2H3,(H,26,29)/t22-,23+/m1/s1. The van der Waals surface area contributed by atoms with Crippen LogP contribution in [0, 0.1) is 5.92 Å². The van der Waals surface area contributed by atoms with Gasteiger partial charge in [0.1, 0.15) is 11.7 Å². The number of allylic oxidation sites excluding steroid dienone is 1. The average molecular weight is 431 g/mol. The van der Waals surface area contributed by atoms with Crippen LogP contribution in [0.2, 0.25) is 0 Å². The second-order valence-electron chi connectivity index (χ2n) is 7.41. The molecule has 4 rings (SSSR count). The number of amides is 2. The predicted molar refractivity (Wildman–Crippen MR) is 123 cm³/mol. The van der Waals surface area contributed by atoms with E-state index < -0.39 is 11.8 Å². The molecular weight excluding hydrogens is 408 g/mol. The highest BCUT2D eigenvalue weighted by atomic mass is 32.1. The third-order valence-corrected chi connectivity index (χ3v) is 6.39. The number of rotatable bonds is 5. The summed E-state index contributed by atoms with van der Waals surface area (Å²) in [4.78, 5) is 42.1. The number of carbonyl (C=O) groups is 3. The highest BCUT2D eigenvalue weighted by Crippen LogP contribution is 2.44. The Balaban J connectivity index is 1.89. The molecule has 31 heavy (non-hydrogen) atoms. The zero-order valence-electron chi connectivity index (χ0n) is 17.2. The Morgan fingerprint density at radius 3 is 2.16 bits per heavy atom. The van der Waals surface area contributed by atoms with Gasteiger partial charge in [-0.25, -0.2) is 0 Å². The normalized spacial score (nSPS) is 18.8. The van der Waals surface area contributed by atoms with Gasteiger partial charge < -0.3 is 5.32 Å². The van der Waals surface area contributed by atoms with Gasteiger partial charge in [0.25, 0.3) is 5.91 Å². The number of benzene rings is 2. The summed E-state index contributed by atoms with van der Waals surface area (Å²) in [5.74, 6) is -2.50. The van der Waals surface area contributed by atoms with E-state index in [1.54, 1.807) is 31.2 Å². The molecule has 6 heteroatoms. The first-order valence-corrected chi connectivity index (χ1v) is 10.9. The number of thiophene rings is 1.